The van der Waals surface area contributed by atoms with Gasteiger partial charge in [-0.05, 0) is 0 Å². The van der Waals surface area contributed by atoms with E-state index in [1.54, 1.807) is 25.1 Å². The summed E-state index contributed by atoms with van der Waals surface area (Å²) < 4.78 is 35.5. The summed E-state index contributed by atoms with van der Waals surface area (Å²) in [6, 6.07) is 5.12. The van der Waals surface area contributed by atoms with Crippen LogP contribution in [0.4, 0.5) is 5.69 Å². The van der Waals surface area contributed by atoms with Crippen molar-refractivity contribution in [1.82, 2.24) is 12.9 Å². The van der Waals surface area contributed by atoms with Gasteiger partial charge in [-0.15, -0.1) is 0 Å². The van der Waals surface area contributed by atoms with Crippen LogP contribution in [-0.4, -0.2) is 36.3 Å². The first-order valence-corrected chi connectivity index (χ1v) is 9.24. The molecule has 2 heterocycles. The Bertz CT molecular complexity index is 941. The van der Waals surface area contributed by atoms with Crippen molar-refractivity contribution in [1.29, 1.82) is 0 Å². The number of benzene rings is 1. The topological polar surface area (TPSA) is 105 Å². The molecule has 1 aromatic carbocycles. The molecule has 3 aromatic rings. The van der Waals surface area contributed by atoms with Gasteiger partial charge in [-0.2, -0.15) is 0 Å². The van der Waals surface area contributed by atoms with Gasteiger partial charge < -0.3 is 0 Å². The average molecular weight is 375 g/mol. The summed E-state index contributed by atoms with van der Waals surface area (Å²) in [5.41, 5.74) is 1.94. The van der Waals surface area contributed by atoms with Crippen LogP contribution in [0.2, 0.25) is 0 Å². The molecule has 0 saturated carbocycles. The van der Waals surface area contributed by atoms with Crippen molar-refractivity contribution in [3.8, 4) is 0 Å². The first kappa shape index (κ1) is 13.5. The SMILES string of the molecule is Cc1[nH]c(=O)sc1S(=O)(=O)Nc1cccc2n[se]nc12. The third kappa shape index (κ3) is 2.31. The van der Waals surface area contributed by atoms with Crippen molar-refractivity contribution in [2.24, 2.45) is 0 Å². The van der Waals surface area contributed by atoms with Gasteiger partial charge in [0.05, 0.1) is 0 Å². The van der Waals surface area contributed by atoms with Gasteiger partial charge in [0.15, 0.2) is 0 Å². The summed E-state index contributed by atoms with van der Waals surface area (Å²) in [6.45, 7) is 1.55. The third-order valence-electron chi connectivity index (χ3n) is 2.56. The molecule has 0 spiro atoms. The Hall–Kier alpha value is -1.48. The maximum absolute atomic E-state index is 12.3. The Morgan fingerprint density at radius 3 is 2.85 bits per heavy atom. The van der Waals surface area contributed by atoms with Gasteiger partial charge in [-0.3, -0.25) is 0 Å². The number of fused-ring (bicyclic) bond motifs is 1. The number of aromatic nitrogens is 3. The molecule has 20 heavy (non-hydrogen) atoms. The molecule has 7 nitrogen and oxygen atoms in total. The molecular formula is C10H8N4O3S2Se. The molecule has 0 amide bonds. The minimum atomic E-state index is -3.80. The zero-order valence-corrected chi connectivity index (χ0v) is 13.4. The van der Waals surface area contributed by atoms with E-state index in [1.165, 1.54) is 0 Å². The second-order valence-electron chi connectivity index (χ2n) is 3.97. The summed E-state index contributed by atoms with van der Waals surface area (Å²) in [6.07, 6.45) is 0. The van der Waals surface area contributed by atoms with Gasteiger partial charge in [-0.25, -0.2) is 0 Å². The quantitative estimate of drug-likeness (QED) is 0.651. The van der Waals surface area contributed by atoms with Crippen molar-refractivity contribution in [2.45, 2.75) is 11.1 Å². The van der Waals surface area contributed by atoms with Crippen LogP contribution < -0.4 is 9.60 Å². The molecule has 3 rings (SSSR count). The van der Waals surface area contributed by atoms with Gasteiger partial charge in [-0.1, -0.05) is 0 Å². The summed E-state index contributed by atoms with van der Waals surface area (Å²) >= 11 is 0.425. The minimum absolute atomic E-state index is 0.0134. The average Bonchev–Trinajstić information content (AvgIpc) is 2.96. The van der Waals surface area contributed by atoms with Gasteiger partial charge in [0, 0.05) is 0 Å². The number of sulfonamides is 1. The number of hydrogen-bond donors (Lipinski definition) is 2. The maximum atomic E-state index is 12.3. The van der Waals surface area contributed by atoms with E-state index in [-0.39, 0.29) is 19.2 Å². The Morgan fingerprint density at radius 1 is 1.35 bits per heavy atom. The molecule has 0 unspecified atom stereocenters. The number of nitrogens with zero attached hydrogens (tertiary/aromatic N) is 2. The fraction of sp³-hybridized carbons (Fsp3) is 0.100. The zero-order valence-electron chi connectivity index (χ0n) is 10.1. The van der Waals surface area contributed by atoms with E-state index in [0.29, 0.717) is 33.8 Å². The molecule has 0 atom stereocenters. The zero-order chi connectivity index (χ0) is 14.3. The fourth-order valence-electron chi connectivity index (χ4n) is 1.73. The number of H-pyrrole nitrogens is 1. The van der Waals surface area contributed by atoms with E-state index in [9.17, 15) is 13.2 Å². The van der Waals surface area contributed by atoms with Crippen LogP contribution >= 0.6 is 11.3 Å². The van der Waals surface area contributed by atoms with E-state index in [4.69, 9.17) is 0 Å². The summed E-state index contributed by atoms with van der Waals surface area (Å²) in [4.78, 5) is 13.3. The van der Waals surface area contributed by atoms with Crippen LogP contribution in [0, 0.1) is 6.92 Å². The Balaban J connectivity index is 2.08. The number of aromatic amines is 1. The molecular weight excluding hydrogens is 367 g/mol. The van der Waals surface area contributed by atoms with Crippen LogP contribution in [0.25, 0.3) is 11.0 Å². The normalized spacial score (nSPS) is 11.8. The summed E-state index contributed by atoms with van der Waals surface area (Å²) in [5, 5.41) is 0. The van der Waals surface area contributed by atoms with Crippen molar-refractivity contribution < 1.29 is 8.42 Å². The van der Waals surface area contributed by atoms with Crippen LogP contribution in [0.15, 0.2) is 27.2 Å². The standard InChI is InChI=1S/C10H8N4O3S2Se/c1-5-9(18-10(15)11-5)19(16,17)12-6-3-2-4-7-8(6)14-20-13-7/h2-4,12H,1H3,(H,11,15). The van der Waals surface area contributed by atoms with Gasteiger partial charge in [0.25, 0.3) is 0 Å². The predicted molar refractivity (Wildman–Crippen MR) is 77.0 cm³/mol. The van der Waals surface area contributed by atoms with Crippen molar-refractivity contribution in [2.75, 3.05) is 4.72 Å². The number of aryl methyl sites for hydroxylation is 1. The van der Waals surface area contributed by atoms with Crippen LogP contribution in [-0.2, 0) is 10.0 Å². The van der Waals surface area contributed by atoms with E-state index >= 15 is 0 Å². The molecule has 0 aliphatic rings. The van der Waals surface area contributed by atoms with Crippen molar-refractivity contribution in [3.05, 3.63) is 33.6 Å². The second kappa shape index (κ2) is 4.81. The predicted octanol–water partition coefficient (Wildman–Crippen LogP) is 0.546. The Labute approximate surface area is 124 Å². The molecule has 2 N–H and O–H groups in total. The molecule has 0 bridgehead atoms. The molecule has 0 saturated heterocycles. The van der Waals surface area contributed by atoms with Crippen molar-refractivity contribution >= 4 is 53.0 Å². The van der Waals surface area contributed by atoms with Crippen LogP contribution in [0.5, 0.6) is 0 Å². The van der Waals surface area contributed by atoms with E-state index in [2.05, 4.69) is 17.7 Å². The molecule has 0 fully saturated rings. The number of nitrogens with one attached hydrogen (secondary N) is 2. The van der Waals surface area contributed by atoms with Crippen molar-refractivity contribution in [3.63, 3.8) is 0 Å². The first-order valence-electron chi connectivity index (χ1n) is 5.41. The van der Waals surface area contributed by atoms with Gasteiger partial charge in [0.1, 0.15) is 0 Å². The van der Waals surface area contributed by atoms with E-state index < -0.39 is 14.9 Å². The summed E-state index contributed by atoms with van der Waals surface area (Å²) in [7, 11) is -3.80. The molecule has 2 aromatic heterocycles. The molecule has 10 heteroatoms. The van der Waals surface area contributed by atoms with Crippen LogP contribution in [0.1, 0.15) is 5.69 Å². The van der Waals surface area contributed by atoms with Gasteiger partial charge >= 0.3 is 124 Å². The second-order valence-corrected chi connectivity index (χ2v) is 7.94. The first-order chi connectivity index (χ1) is 9.47. The number of hydrogen-bond acceptors (Lipinski definition) is 6. The summed E-state index contributed by atoms with van der Waals surface area (Å²) in [5.74, 6) is 0. The molecule has 104 valence electrons. The monoisotopic (exact) mass is 376 g/mol. The van der Waals surface area contributed by atoms with Crippen LogP contribution in [0.3, 0.4) is 0 Å². The third-order valence-corrected chi connectivity index (χ3v) is 6.66. The van der Waals surface area contributed by atoms with E-state index in [1.807, 2.05) is 0 Å². The molecule has 0 aliphatic carbocycles. The molecule has 0 aliphatic heterocycles. The van der Waals surface area contributed by atoms with Gasteiger partial charge in [0.2, 0.25) is 0 Å². The molecule has 0 radical (unpaired) electrons. The fourth-order valence-corrected chi connectivity index (χ4v) is 5.25. The van der Waals surface area contributed by atoms with E-state index in [0.717, 1.165) is 0 Å². The Kier molecular flexibility index (Phi) is 3.25. The Morgan fingerprint density at radius 2 is 2.15 bits per heavy atom. The number of anilines is 1. The number of thiazole rings is 1. The number of rotatable bonds is 3.